The largest absolute Gasteiger partial charge is 0.297 e. The van der Waals surface area contributed by atoms with E-state index in [0.29, 0.717) is 16.7 Å². The summed E-state index contributed by atoms with van der Waals surface area (Å²) in [7, 11) is 0. The minimum Gasteiger partial charge on any atom is -0.194 e. The van der Waals surface area contributed by atoms with Crippen LogP contribution < -0.4 is 0 Å². The zero-order valence-corrected chi connectivity index (χ0v) is 14.4. The lowest BCUT2D eigenvalue weighted by Crippen LogP contribution is -2.07. The van der Waals surface area contributed by atoms with Gasteiger partial charge in [-0.15, -0.1) is 0 Å². The van der Waals surface area contributed by atoms with E-state index in [4.69, 9.17) is 0 Å². The second-order valence-electron chi connectivity index (χ2n) is 2.79. The predicted octanol–water partition coefficient (Wildman–Crippen LogP) is 5.75. The number of rotatable bonds is 3. The first-order valence-corrected chi connectivity index (χ1v) is 7.84. The topological polar surface area (TPSA) is 0 Å². The fourth-order valence-corrected chi connectivity index (χ4v) is 4.10. The van der Waals surface area contributed by atoms with E-state index in [9.17, 15) is 8.78 Å². The summed E-state index contributed by atoms with van der Waals surface area (Å²) in [4.78, 5) is 0.610. The molecule has 0 fully saturated rings. The smallest absolute Gasteiger partial charge is 0.194 e. The first-order valence-electron chi connectivity index (χ1n) is 4.07. The number of hydrogen-bond acceptors (Lipinski definition) is 1. The minimum atomic E-state index is -2.68. The summed E-state index contributed by atoms with van der Waals surface area (Å²) in [6, 6.07) is 3.53. The maximum absolute atomic E-state index is 13.1. The maximum atomic E-state index is 13.1. The molecule has 6 heteroatoms. The Hall–Kier alpha value is 1.37. The summed E-state index contributed by atoms with van der Waals surface area (Å²) in [6.45, 7) is 1.49. The molecule has 0 bridgehead atoms. The molecular weight excluding hydrogens is 512 g/mol. The van der Waals surface area contributed by atoms with Crippen LogP contribution in [0.4, 0.5) is 8.78 Å². The molecule has 0 aliphatic carbocycles. The number of benzene rings is 1. The number of alkyl halides is 2. The van der Waals surface area contributed by atoms with Gasteiger partial charge in [-0.3, -0.25) is 0 Å². The molecule has 15 heavy (non-hydrogen) atoms. The van der Waals surface area contributed by atoms with Crippen molar-refractivity contribution in [2.45, 2.75) is 23.5 Å². The lowest BCUT2D eigenvalue weighted by atomic mass is 10.4. The van der Waals surface area contributed by atoms with Crippen molar-refractivity contribution < 1.29 is 8.78 Å². The molecule has 0 nitrogen and oxygen atoms in total. The van der Waals surface area contributed by atoms with E-state index in [1.807, 2.05) is 0 Å². The first kappa shape index (κ1) is 14.4. The van der Waals surface area contributed by atoms with Gasteiger partial charge >= 0.3 is 0 Å². The van der Waals surface area contributed by atoms with Gasteiger partial charge in [0.05, 0.1) is 0 Å². The summed E-state index contributed by atoms with van der Waals surface area (Å²) in [5.41, 5.74) is 0. The van der Waals surface area contributed by atoms with Gasteiger partial charge in [0, 0.05) is 22.9 Å². The van der Waals surface area contributed by atoms with Crippen molar-refractivity contribution in [3.63, 3.8) is 0 Å². The average molecular weight is 519 g/mol. The summed E-state index contributed by atoms with van der Waals surface area (Å²) in [5.74, 6) is 0. The van der Waals surface area contributed by atoms with Crippen LogP contribution >= 0.6 is 72.9 Å². The van der Waals surface area contributed by atoms with Crippen LogP contribution in [0.25, 0.3) is 0 Å². The van der Waals surface area contributed by atoms with Gasteiger partial charge < -0.3 is 0 Å². The van der Waals surface area contributed by atoms with Gasteiger partial charge in [-0.1, -0.05) is 18.7 Å². The second kappa shape index (κ2) is 5.81. The molecule has 0 saturated carbocycles. The lowest BCUT2D eigenvalue weighted by molar-refractivity contribution is 0.102. The monoisotopic (exact) mass is 518 g/mol. The molecule has 0 radical (unpaired) electrons. The highest BCUT2D eigenvalue weighted by Crippen LogP contribution is 2.40. The van der Waals surface area contributed by atoms with Crippen molar-refractivity contribution >= 4 is 72.9 Å². The Balaban J connectivity index is 2.98. The average Bonchev–Trinajstić information content (AvgIpc) is 2.13. The molecule has 84 valence electrons. The van der Waals surface area contributed by atoms with Crippen LogP contribution in [0.3, 0.4) is 0 Å². The Kier molecular flexibility index (Phi) is 5.59. The van der Waals surface area contributed by atoms with E-state index in [2.05, 4.69) is 61.1 Å². The van der Waals surface area contributed by atoms with Crippen molar-refractivity contribution in [3.8, 4) is 0 Å². The fourth-order valence-electron chi connectivity index (χ4n) is 0.836. The SMILES string of the molecule is CCC(F)(F)Sc1cc(I)c(Br)c(I)c1. The van der Waals surface area contributed by atoms with Gasteiger partial charge in [0.2, 0.25) is 0 Å². The molecule has 0 aliphatic rings. The van der Waals surface area contributed by atoms with Crippen molar-refractivity contribution in [1.29, 1.82) is 0 Å². The van der Waals surface area contributed by atoms with Crippen LogP contribution in [0.15, 0.2) is 21.5 Å². The van der Waals surface area contributed by atoms with E-state index in [-0.39, 0.29) is 6.42 Å². The van der Waals surface area contributed by atoms with E-state index < -0.39 is 5.25 Å². The molecule has 1 aromatic rings. The van der Waals surface area contributed by atoms with E-state index in [1.165, 1.54) is 6.92 Å². The van der Waals surface area contributed by atoms with E-state index in [0.717, 1.165) is 11.6 Å². The van der Waals surface area contributed by atoms with Gasteiger partial charge in [-0.25, -0.2) is 0 Å². The molecule has 0 aromatic heterocycles. The molecule has 0 N–H and O–H groups in total. The second-order valence-corrected chi connectivity index (χ2v) is 7.18. The van der Waals surface area contributed by atoms with Crippen LogP contribution in [-0.2, 0) is 0 Å². The molecule has 1 rings (SSSR count). The van der Waals surface area contributed by atoms with Gasteiger partial charge in [0.15, 0.2) is 0 Å². The summed E-state index contributed by atoms with van der Waals surface area (Å²) >= 11 is 8.28. The Morgan fingerprint density at radius 3 is 2.20 bits per heavy atom. The number of hydrogen-bond donors (Lipinski definition) is 0. The quantitative estimate of drug-likeness (QED) is 0.279. The molecule has 0 spiro atoms. The normalized spacial score (nSPS) is 11.9. The molecule has 1 aromatic carbocycles. The highest BCUT2D eigenvalue weighted by molar-refractivity contribution is 14.1. The van der Waals surface area contributed by atoms with Gasteiger partial charge in [0.25, 0.3) is 5.25 Å². The summed E-state index contributed by atoms with van der Waals surface area (Å²) in [6.07, 6.45) is -0.152. The molecular formula is C9H7BrF2I2S. The van der Waals surface area contributed by atoms with Crippen molar-refractivity contribution in [1.82, 2.24) is 0 Å². The summed E-state index contributed by atoms with van der Waals surface area (Å²) < 4.78 is 29.2. The standard InChI is InChI=1S/C9H7BrF2I2S/c1-2-9(11,12)15-5-3-6(13)8(10)7(14)4-5/h3-4H,2H2,1H3. The Labute approximate surface area is 127 Å². The zero-order valence-electron chi connectivity index (χ0n) is 7.66. The van der Waals surface area contributed by atoms with Gasteiger partial charge in [0.1, 0.15) is 0 Å². The van der Waals surface area contributed by atoms with Crippen LogP contribution in [0.5, 0.6) is 0 Å². The minimum absolute atomic E-state index is 0.152. The maximum Gasteiger partial charge on any atom is 0.297 e. The molecule has 0 saturated heterocycles. The third-order valence-electron chi connectivity index (χ3n) is 1.64. The Morgan fingerprint density at radius 2 is 1.80 bits per heavy atom. The first-order chi connectivity index (χ1) is 6.85. The fraction of sp³-hybridized carbons (Fsp3) is 0.333. The lowest BCUT2D eigenvalue weighted by Gasteiger charge is -2.14. The summed E-state index contributed by atoms with van der Waals surface area (Å²) in [5, 5.41) is -2.68. The Morgan fingerprint density at radius 1 is 1.33 bits per heavy atom. The van der Waals surface area contributed by atoms with Gasteiger partial charge in [-0.2, -0.15) is 8.78 Å². The van der Waals surface area contributed by atoms with Crippen molar-refractivity contribution in [2.24, 2.45) is 0 Å². The van der Waals surface area contributed by atoms with Crippen molar-refractivity contribution in [3.05, 3.63) is 23.7 Å². The highest BCUT2D eigenvalue weighted by Gasteiger charge is 2.28. The zero-order chi connectivity index (χ0) is 11.6. The predicted molar refractivity (Wildman–Crippen MR) is 80.7 cm³/mol. The van der Waals surface area contributed by atoms with Crippen LogP contribution in [0.1, 0.15) is 13.3 Å². The third-order valence-corrected chi connectivity index (χ3v) is 6.73. The highest BCUT2D eigenvalue weighted by atomic mass is 127. The molecule has 0 atom stereocenters. The third kappa shape index (κ3) is 4.27. The van der Waals surface area contributed by atoms with E-state index >= 15 is 0 Å². The van der Waals surface area contributed by atoms with Crippen LogP contribution in [0.2, 0.25) is 0 Å². The number of thioether (sulfide) groups is 1. The molecule has 0 heterocycles. The molecule has 0 aliphatic heterocycles. The van der Waals surface area contributed by atoms with E-state index in [1.54, 1.807) is 12.1 Å². The number of halogens is 5. The molecule has 0 amide bonds. The van der Waals surface area contributed by atoms with Crippen molar-refractivity contribution in [2.75, 3.05) is 0 Å². The van der Waals surface area contributed by atoms with Crippen LogP contribution in [0, 0.1) is 7.14 Å². The molecule has 0 unspecified atom stereocenters. The van der Waals surface area contributed by atoms with Crippen LogP contribution in [-0.4, -0.2) is 5.25 Å². The Bertz CT molecular complexity index is 348. The van der Waals surface area contributed by atoms with Gasteiger partial charge in [-0.05, 0) is 73.2 Å².